The number of hydrogen-bond donors (Lipinski definition) is 1. The van der Waals surface area contributed by atoms with E-state index in [0.29, 0.717) is 12.1 Å². The predicted octanol–water partition coefficient (Wildman–Crippen LogP) is 1.61. The van der Waals surface area contributed by atoms with Crippen molar-refractivity contribution in [1.29, 1.82) is 0 Å². The minimum atomic E-state index is 0.175. The van der Waals surface area contributed by atoms with E-state index in [4.69, 9.17) is 0 Å². The van der Waals surface area contributed by atoms with Crippen molar-refractivity contribution in [2.75, 3.05) is 33.7 Å². The quantitative estimate of drug-likeness (QED) is 0.915. The highest BCUT2D eigenvalue weighted by atomic mass is 16.2. The third-order valence-electron chi connectivity index (χ3n) is 4.54. The van der Waals surface area contributed by atoms with Crippen LogP contribution in [0.4, 0.5) is 0 Å². The van der Waals surface area contributed by atoms with E-state index >= 15 is 0 Å². The fourth-order valence-corrected chi connectivity index (χ4v) is 2.95. The molecule has 1 N–H and O–H groups in total. The Kier molecular flexibility index (Phi) is 5.37. The summed E-state index contributed by atoms with van der Waals surface area (Å²) in [6, 6.07) is 8.80. The molecule has 0 spiro atoms. The third kappa shape index (κ3) is 3.63. The van der Waals surface area contributed by atoms with E-state index in [2.05, 4.69) is 37.2 Å². The van der Waals surface area contributed by atoms with Gasteiger partial charge in [-0.1, -0.05) is 18.2 Å². The number of nitrogens with one attached hydrogen (secondary N) is 1. The highest BCUT2D eigenvalue weighted by Gasteiger charge is 2.30. The third-order valence-corrected chi connectivity index (χ3v) is 4.54. The van der Waals surface area contributed by atoms with Crippen LogP contribution in [0.2, 0.25) is 0 Å². The fourth-order valence-electron chi connectivity index (χ4n) is 2.95. The summed E-state index contributed by atoms with van der Waals surface area (Å²) in [6.07, 6.45) is 0.886. The van der Waals surface area contributed by atoms with Crippen molar-refractivity contribution in [3.05, 3.63) is 35.4 Å². The number of amides is 1. The van der Waals surface area contributed by atoms with Gasteiger partial charge in [-0.2, -0.15) is 0 Å². The number of carbonyl (C=O) groups is 1. The molecule has 0 aliphatic carbocycles. The molecule has 1 saturated heterocycles. The van der Waals surface area contributed by atoms with Gasteiger partial charge >= 0.3 is 0 Å². The molecule has 1 aliphatic rings. The maximum absolute atomic E-state index is 12.9. The molecule has 116 valence electrons. The number of rotatable bonds is 4. The average molecular weight is 289 g/mol. The summed E-state index contributed by atoms with van der Waals surface area (Å²) in [4.78, 5) is 17.2. The molecule has 1 aromatic rings. The van der Waals surface area contributed by atoms with Crippen molar-refractivity contribution in [2.45, 2.75) is 32.4 Å². The van der Waals surface area contributed by atoms with Crippen LogP contribution >= 0.6 is 0 Å². The number of likely N-dealkylation sites (N-methyl/N-ethyl adjacent to an activating group) is 2. The van der Waals surface area contributed by atoms with Crippen molar-refractivity contribution in [1.82, 2.24) is 15.1 Å². The monoisotopic (exact) mass is 289 g/mol. The lowest BCUT2D eigenvalue weighted by Gasteiger charge is -2.42. The Morgan fingerprint density at radius 2 is 1.86 bits per heavy atom. The second-order valence-electron chi connectivity index (χ2n) is 6.08. The maximum Gasteiger partial charge on any atom is 0.254 e. The number of hydrogen-bond acceptors (Lipinski definition) is 3. The summed E-state index contributed by atoms with van der Waals surface area (Å²) in [6.45, 7) is 6.87. The van der Waals surface area contributed by atoms with Crippen molar-refractivity contribution < 1.29 is 4.79 Å². The van der Waals surface area contributed by atoms with Crippen molar-refractivity contribution in [3.8, 4) is 0 Å². The second-order valence-corrected chi connectivity index (χ2v) is 6.08. The van der Waals surface area contributed by atoms with Gasteiger partial charge in [-0.3, -0.25) is 9.69 Å². The summed E-state index contributed by atoms with van der Waals surface area (Å²) in [7, 11) is 4.08. The molecule has 4 heteroatoms. The summed E-state index contributed by atoms with van der Waals surface area (Å²) in [5, 5.41) is 3.15. The molecule has 1 amide bonds. The van der Waals surface area contributed by atoms with Gasteiger partial charge in [-0.25, -0.2) is 0 Å². The zero-order valence-electron chi connectivity index (χ0n) is 13.6. The smallest absolute Gasteiger partial charge is 0.254 e. The van der Waals surface area contributed by atoms with Crippen LogP contribution in [0.25, 0.3) is 0 Å². The first-order valence-electron chi connectivity index (χ1n) is 7.78. The first-order chi connectivity index (χ1) is 10.0. The van der Waals surface area contributed by atoms with Gasteiger partial charge in [-0.15, -0.1) is 0 Å². The Bertz CT molecular complexity index is 477. The van der Waals surface area contributed by atoms with Crippen LogP contribution in [-0.2, 0) is 6.42 Å². The van der Waals surface area contributed by atoms with Gasteiger partial charge < -0.3 is 10.2 Å². The van der Waals surface area contributed by atoms with Gasteiger partial charge in [-0.05, 0) is 52.5 Å². The molecule has 1 heterocycles. The molecule has 0 saturated carbocycles. The van der Waals surface area contributed by atoms with E-state index in [1.807, 2.05) is 30.1 Å². The fraction of sp³-hybridized carbons (Fsp3) is 0.588. The average Bonchev–Trinajstić information content (AvgIpc) is 2.49. The second kappa shape index (κ2) is 7.05. The molecule has 4 nitrogen and oxygen atoms in total. The highest BCUT2D eigenvalue weighted by molar-refractivity contribution is 5.95. The lowest BCUT2D eigenvalue weighted by molar-refractivity contribution is 0.0413. The van der Waals surface area contributed by atoms with Gasteiger partial charge in [0, 0.05) is 30.7 Å². The molecule has 0 bridgehead atoms. The van der Waals surface area contributed by atoms with E-state index in [9.17, 15) is 4.79 Å². The molecule has 1 aliphatic heterocycles. The van der Waals surface area contributed by atoms with Crippen molar-refractivity contribution in [3.63, 3.8) is 0 Å². The Labute approximate surface area is 128 Å². The first kappa shape index (κ1) is 16.0. The largest absolute Gasteiger partial charge is 0.336 e. The van der Waals surface area contributed by atoms with E-state index < -0.39 is 0 Å². The number of piperazine rings is 1. The molecule has 2 atom stereocenters. The predicted molar refractivity (Wildman–Crippen MR) is 86.7 cm³/mol. The van der Waals surface area contributed by atoms with Crippen LogP contribution in [0, 0.1) is 0 Å². The standard InChI is InChI=1S/C17H27N3O/c1-13-11-20(12-14(2)19(13)4)17(21)16-8-6-5-7-15(16)9-10-18-3/h5-8,13-14,18H,9-12H2,1-4H3. The zero-order valence-corrected chi connectivity index (χ0v) is 13.6. The van der Waals surface area contributed by atoms with E-state index in [1.165, 1.54) is 0 Å². The van der Waals surface area contributed by atoms with E-state index in [-0.39, 0.29) is 5.91 Å². The number of carbonyl (C=O) groups excluding carboxylic acids is 1. The van der Waals surface area contributed by atoms with Gasteiger partial charge in [0.15, 0.2) is 0 Å². The van der Waals surface area contributed by atoms with Crippen LogP contribution in [0.1, 0.15) is 29.8 Å². The maximum atomic E-state index is 12.9. The van der Waals surface area contributed by atoms with Gasteiger partial charge in [0.25, 0.3) is 5.91 Å². The van der Waals surface area contributed by atoms with Gasteiger partial charge in [0.05, 0.1) is 0 Å². The molecular formula is C17H27N3O. The Morgan fingerprint density at radius 3 is 2.48 bits per heavy atom. The molecule has 21 heavy (non-hydrogen) atoms. The number of nitrogens with zero attached hydrogens (tertiary/aromatic N) is 2. The first-order valence-corrected chi connectivity index (χ1v) is 7.78. The Morgan fingerprint density at radius 1 is 1.24 bits per heavy atom. The molecule has 1 aromatic carbocycles. The Hall–Kier alpha value is -1.39. The molecule has 2 unspecified atom stereocenters. The minimum Gasteiger partial charge on any atom is -0.336 e. The molecule has 0 radical (unpaired) electrons. The van der Waals surface area contributed by atoms with E-state index in [0.717, 1.165) is 37.2 Å². The minimum absolute atomic E-state index is 0.175. The summed E-state index contributed by atoms with van der Waals surface area (Å²) >= 11 is 0. The summed E-state index contributed by atoms with van der Waals surface area (Å²) < 4.78 is 0. The normalized spacial score (nSPS) is 23.3. The molecular weight excluding hydrogens is 262 g/mol. The van der Waals surface area contributed by atoms with Crippen LogP contribution in [-0.4, -0.2) is 61.5 Å². The van der Waals surface area contributed by atoms with Crippen molar-refractivity contribution >= 4 is 5.91 Å². The van der Waals surface area contributed by atoms with Crippen LogP contribution in [0.3, 0.4) is 0 Å². The van der Waals surface area contributed by atoms with Crippen LogP contribution in [0.5, 0.6) is 0 Å². The molecule has 0 aromatic heterocycles. The van der Waals surface area contributed by atoms with Crippen molar-refractivity contribution in [2.24, 2.45) is 0 Å². The van der Waals surface area contributed by atoms with Crippen LogP contribution in [0.15, 0.2) is 24.3 Å². The van der Waals surface area contributed by atoms with E-state index in [1.54, 1.807) is 0 Å². The molecule has 1 fully saturated rings. The lowest BCUT2D eigenvalue weighted by Crippen LogP contribution is -2.56. The highest BCUT2D eigenvalue weighted by Crippen LogP contribution is 2.18. The van der Waals surface area contributed by atoms with Gasteiger partial charge in [0.1, 0.15) is 0 Å². The number of benzene rings is 1. The lowest BCUT2D eigenvalue weighted by atomic mass is 10.0. The topological polar surface area (TPSA) is 35.6 Å². The Balaban J connectivity index is 2.16. The molecule has 2 rings (SSSR count). The summed E-state index contributed by atoms with van der Waals surface area (Å²) in [5.74, 6) is 0.175. The van der Waals surface area contributed by atoms with Gasteiger partial charge in [0.2, 0.25) is 0 Å². The zero-order chi connectivity index (χ0) is 15.4. The SMILES string of the molecule is CNCCc1ccccc1C(=O)N1CC(C)N(C)C(C)C1. The van der Waals surface area contributed by atoms with Crippen LogP contribution < -0.4 is 5.32 Å². The summed E-state index contributed by atoms with van der Waals surface area (Å²) in [5.41, 5.74) is 1.99.